The van der Waals surface area contributed by atoms with Gasteiger partial charge >= 0.3 is 0 Å². The highest BCUT2D eigenvalue weighted by Crippen LogP contribution is 2.28. The van der Waals surface area contributed by atoms with Crippen LogP contribution in [-0.2, 0) is 4.79 Å². The van der Waals surface area contributed by atoms with Gasteiger partial charge in [0, 0.05) is 5.39 Å². The fourth-order valence-electron chi connectivity index (χ4n) is 2.99. The number of halogens is 3. The predicted octanol–water partition coefficient (Wildman–Crippen LogP) is 4.75. The van der Waals surface area contributed by atoms with Crippen LogP contribution in [0.4, 0.5) is 18.9 Å². The highest BCUT2D eigenvalue weighted by Gasteiger charge is 2.17. The van der Waals surface area contributed by atoms with E-state index in [0.29, 0.717) is 28.2 Å². The highest BCUT2D eigenvalue weighted by molar-refractivity contribution is 7.13. The zero-order valence-electron chi connectivity index (χ0n) is 15.8. The van der Waals surface area contributed by atoms with Crippen LogP contribution < -0.4 is 10.6 Å². The van der Waals surface area contributed by atoms with Gasteiger partial charge in [-0.25, -0.2) is 18.2 Å². The first-order chi connectivity index (χ1) is 14.9. The van der Waals surface area contributed by atoms with Gasteiger partial charge in [0.2, 0.25) is 5.91 Å². The second-order valence-corrected chi connectivity index (χ2v) is 7.45. The van der Waals surface area contributed by atoms with Crippen molar-refractivity contribution in [2.45, 2.75) is 0 Å². The molecule has 0 saturated heterocycles. The maximum Gasteiger partial charge on any atom is 0.252 e. The lowest BCUT2D eigenvalue weighted by Crippen LogP contribution is -2.33. The Morgan fingerprint density at radius 3 is 2.55 bits per heavy atom. The smallest absolute Gasteiger partial charge is 0.252 e. The number of carbonyl (C=O) groups excluding carboxylic acids is 2. The Bertz CT molecular complexity index is 1290. The SMILES string of the molecule is O=C(CNC(=O)c1cc(-c2cccs2)nc2ccccc12)Nc1ccc(F)c(F)c1F. The number of nitrogens with zero attached hydrogens (tertiary/aromatic N) is 1. The van der Waals surface area contributed by atoms with Crippen molar-refractivity contribution in [1.82, 2.24) is 10.3 Å². The maximum absolute atomic E-state index is 13.7. The summed E-state index contributed by atoms with van der Waals surface area (Å²) in [6.07, 6.45) is 0. The third kappa shape index (κ3) is 4.26. The van der Waals surface area contributed by atoms with Gasteiger partial charge in [-0.1, -0.05) is 24.3 Å². The van der Waals surface area contributed by atoms with Crippen molar-refractivity contribution in [2.75, 3.05) is 11.9 Å². The minimum atomic E-state index is -1.69. The van der Waals surface area contributed by atoms with E-state index < -0.39 is 41.5 Å². The molecule has 2 aromatic heterocycles. The Morgan fingerprint density at radius 2 is 1.77 bits per heavy atom. The van der Waals surface area contributed by atoms with E-state index in [1.54, 1.807) is 30.3 Å². The molecular weight excluding hydrogens is 427 g/mol. The molecule has 0 fully saturated rings. The van der Waals surface area contributed by atoms with Crippen LogP contribution in [-0.4, -0.2) is 23.3 Å². The van der Waals surface area contributed by atoms with E-state index in [-0.39, 0.29) is 0 Å². The largest absolute Gasteiger partial charge is 0.343 e. The van der Waals surface area contributed by atoms with Crippen LogP contribution in [0.15, 0.2) is 60.0 Å². The zero-order valence-corrected chi connectivity index (χ0v) is 16.6. The normalized spacial score (nSPS) is 10.8. The van der Waals surface area contributed by atoms with Crippen LogP contribution in [0.2, 0.25) is 0 Å². The topological polar surface area (TPSA) is 71.1 Å². The Morgan fingerprint density at radius 1 is 0.968 bits per heavy atom. The van der Waals surface area contributed by atoms with Gasteiger partial charge in [-0.3, -0.25) is 9.59 Å². The summed E-state index contributed by atoms with van der Waals surface area (Å²) in [6, 6.07) is 14.1. The molecule has 0 saturated carbocycles. The molecule has 0 aliphatic heterocycles. The summed E-state index contributed by atoms with van der Waals surface area (Å²) < 4.78 is 40.0. The van der Waals surface area contributed by atoms with E-state index in [1.807, 2.05) is 17.5 Å². The molecule has 0 unspecified atom stereocenters. The predicted molar refractivity (Wildman–Crippen MR) is 112 cm³/mol. The third-order valence-corrected chi connectivity index (χ3v) is 5.35. The number of carbonyl (C=O) groups is 2. The molecule has 5 nitrogen and oxygen atoms in total. The summed E-state index contributed by atoms with van der Waals surface area (Å²) in [7, 11) is 0. The molecule has 2 heterocycles. The van der Waals surface area contributed by atoms with Crippen LogP contribution in [0.1, 0.15) is 10.4 Å². The number of nitrogens with one attached hydrogen (secondary N) is 2. The van der Waals surface area contributed by atoms with E-state index in [1.165, 1.54) is 11.3 Å². The lowest BCUT2D eigenvalue weighted by molar-refractivity contribution is -0.115. The fraction of sp³-hybridized carbons (Fsp3) is 0.0455. The van der Waals surface area contributed by atoms with E-state index in [0.717, 1.165) is 10.9 Å². The van der Waals surface area contributed by atoms with Crippen LogP contribution in [0.5, 0.6) is 0 Å². The molecule has 0 atom stereocenters. The van der Waals surface area contributed by atoms with Gasteiger partial charge in [0.15, 0.2) is 17.5 Å². The molecule has 156 valence electrons. The lowest BCUT2D eigenvalue weighted by Gasteiger charge is -2.11. The van der Waals surface area contributed by atoms with Crippen molar-refractivity contribution >= 4 is 39.7 Å². The maximum atomic E-state index is 13.7. The number of hydrogen-bond acceptors (Lipinski definition) is 4. The molecule has 0 radical (unpaired) electrons. The van der Waals surface area contributed by atoms with Gasteiger partial charge in [0.1, 0.15) is 0 Å². The lowest BCUT2D eigenvalue weighted by atomic mass is 10.1. The van der Waals surface area contributed by atoms with Gasteiger partial charge in [-0.05, 0) is 35.7 Å². The van der Waals surface area contributed by atoms with Crippen molar-refractivity contribution in [1.29, 1.82) is 0 Å². The molecular formula is C22H14F3N3O2S. The van der Waals surface area contributed by atoms with Crippen LogP contribution in [0.25, 0.3) is 21.5 Å². The molecule has 2 aromatic carbocycles. The molecule has 0 spiro atoms. The molecule has 2 amide bonds. The number of rotatable bonds is 5. The number of para-hydroxylation sites is 1. The average Bonchev–Trinajstić information content (AvgIpc) is 3.32. The zero-order chi connectivity index (χ0) is 22.0. The van der Waals surface area contributed by atoms with Crippen LogP contribution in [0.3, 0.4) is 0 Å². The quantitative estimate of drug-likeness (QED) is 0.439. The number of benzene rings is 2. The Balaban J connectivity index is 1.53. The number of anilines is 1. The molecule has 4 rings (SSSR count). The van der Waals surface area contributed by atoms with Crippen LogP contribution >= 0.6 is 11.3 Å². The van der Waals surface area contributed by atoms with E-state index in [2.05, 4.69) is 15.6 Å². The Labute approximate surface area is 178 Å². The number of thiophene rings is 1. The van der Waals surface area contributed by atoms with E-state index in [4.69, 9.17) is 0 Å². The van der Waals surface area contributed by atoms with Gasteiger partial charge in [-0.2, -0.15) is 0 Å². The number of pyridine rings is 1. The summed E-state index contributed by atoms with van der Waals surface area (Å²) >= 11 is 1.48. The minimum absolute atomic E-state index is 0.320. The van der Waals surface area contributed by atoms with Crippen molar-refractivity contribution < 1.29 is 22.8 Å². The first-order valence-electron chi connectivity index (χ1n) is 9.09. The second-order valence-electron chi connectivity index (χ2n) is 6.50. The first-order valence-corrected chi connectivity index (χ1v) is 9.97. The number of hydrogen-bond donors (Lipinski definition) is 2. The molecule has 0 aliphatic carbocycles. The summed E-state index contributed by atoms with van der Waals surface area (Å²) in [5, 5.41) is 7.07. The van der Waals surface area contributed by atoms with E-state index in [9.17, 15) is 22.8 Å². The number of amides is 2. The first kappa shape index (κ1) is 20.5. The standard InChI is InChI=1S/C22H14F3N3O2S/c23-14-7-8-16(21(25)20(14)24)28-19(29)11-26-22(30)13-10-17(18-6-3-9-31-18)27-15-5-2-1-4-12(13)15/h1-10H,11H2,(H,26,30)(H,28,29). The molecule has 31 heavy (non-hydrogen) atoms. The van der Waals surface area contributed by atoms with Crippen molar-refractivity contribution in [3.05, 3.63) is 83.0 Å². The number of aromatic nitrogens is 1. The number of fused-ring (bicyclic) bond motifs is 1. The Hall–Kier alpha value is -3.72. The van der Waals surface area contributed by atoms with Crippen molar-refractivity contribution in [2.24, 2.45) is 0 Å². The van der Waals surface area contributed by atoms with Gasteiger partial charge in [-0.15, -0.1) is 11.3 Å². The minimum Gasteiger partial charge on any atom is -0.343 e. The molecule has 0 bridgehead atoms. The highest BCUT2D eigenvalue weighted by atomic mass is 32.1. The summed E-state index contributed by atoms with van der Waals surface area (Å²) in [4.78, 5) is 30.4. The summed E-state index contributed by atoms with van der Waals surface area (Å²) in [5.41, 5.74) is 1.03. The third-order valence-electron chi connectivity index (χ3n) is 4.45. The summed E-state index contributed by atoms with van der Waals surface area (Å²) in [6.45, 7) is -0.498. The summed E-state index contributed by atoms with van der Waals surface area (Å²) in [5.74, 6) is -5.89. The Kier molecular flexibility index (Phi) is 5.68. The molecule has 0 aliphatic rings. The fourth-order valence-corrected chi connectivity index (χ4v) is 3.67. The monoisotopic (exact) mass is 441 g/mol. The molecule has 4 aromatic rings. The van der Waals surface area contributed by atoms with Crippen molar-refractivity contribution in [3.8, 4) is 10.6 Å². The average molecular weight is 441 g/mol. The van der Waals surface area contributed by atoms with Gasteiger partial charge < -0.3 is 10.6 Å². The van der Waals surface area contributed by atoms with Gasteiger partial charge in [0.25, 0.3) is 5.91 Å². The molecule has 2 N–H and O–H groups in total. The van der Waals surface area contributed by atoms with Crippen LogP contribution in [0, 0.1) is 17.5 Å². The van der Waals surface area contributed by atoms with Crippen molar-refractivity contribution in [3.63, 3.8) is 0 Å². The van der Waals surface area contributed by atoms with Gasteiger partial charge in [0.05, 0.1) is 33.9 Å². The second kappa shape index (κ2) is 8.57. The van der Waals surface area contributed by atoms with E-state index >= 15 is 0 Å². The molecule has 9 heteroatoms.